The molecule has 2 heterocycles. The number of methoxy groups -OCH3 is 1. The van der Waals surface area contributed by atoms with Gasteiger partial charge in [0.05, 0.1) is 18.6 Å². The van der Waals surface area contributed by atoms with Crippen molar-refractivity contribution in [3.05, 3.63) is 64.9 Å². The first-order valence-corrected chi connectivity index (χ1v) is 12.4. The molecule has 0 N–H and O–H groups in total. The summed E-state index contributed by atoms with van der Waals surface area (Å²) >= 11 is 0. The standard InChI is InChI=1S/C25H26N2O6S/c1-6-31-20-9-7-18(13-22(20)30-5)24-26-25(33-27-24)21-10-8-19(32-21)14-34(28,29)23-12-16(3)15(2)11-17(23)4/h7-13H,6,14H2,1-5H3. The molecule has 9 heteroatoms. The van der Waals surface area contributed by atoms with Crippen LogP contribution < -0.4 is 9.47 Å². The molecule has 0 unspecified atom stereocenters. The molecule has 0 bridgehead atoms. The number of sulfone groups is 1. The van der Waals surface area contributed by atoms with Gasteiger partial charge in [0.25, 0.3) is 5.89 Å². The third-order valence-corrected chi connectivity index (χ3v) is 7.25. The molecule has 4 aromatic rings. The molecule has 0 aliphatic rings. The van der Waals surface area contributed by atoms with Gasteiger partial charge in [0.2, 0.25) is 5.82 Å². The summed E-state index contributed by atoms with van der Waals surface area (Å²) in [5, 5.41) is 4.01. The summed E-state index contributed by atoms with van der Waals surface area (Å²) in [6.07, 6.45) is 0. The quantitative estimate of drug-likeness (QED) is 0.333. The Morgan fingerprint density at radius 2 is 1.71 bits per heavy atom. The minimum absolute atomic E-state index is 0.147. The van der Waals surface area contributed by atoms with Gasteiger partial charge in [0.1, 0.15) is 11.5 Å². The number of aryl methyl sites for hydroxylation is 3. The molecule has 8 nitrogen and oxygen atoms in total. The maximum Gasteiger partial charge on any atom is 0.293 e. The first kappa shape index (κ1) is 23.6. The molecule has 0 spiro atoms. The van der Waals surface area contributed by atoms with E-state index >= 15 is 0 Å². The predicted octanol–water partition coefficient (Wildman–Crippen LogP) is 5.30. The molecular formula is C25H26N2O6S. The lowest BCUT2D eigenvalue weighted by atomic mass is 10.1. The summed E-state index contributed by atoms with van der Waals surface area (Å²) in [5.74, 6) is 1.97. The Balaban J connectivity index is 1.56. The summed E-state index contributed by atoms with van der Waals surface area (Å²) in [6.45, 7) is 8.06. The topological polar surface area (TPSA) is 105 Å². The van der Waals surface area contributed by atoms with Gasteiger partial charge in [-0.25, -0.2) is 8.42 Å². The van der Waals surface area contributed by atoms with Gasteiger partial charge in [0.15, 0.2) is 27.1 Å². The Morgan fingerprint density at radius 3 is 2.44 bits per heavy atom. The maximum absolute atomic E-state index is 13.0. The molecule has 0 fully saturated rings. The van der Waals surface area contributed by atoms with Crippen LogP contribution in [0.15, 0.2) is 56.3 Å². The molecule has 0 aliphatic carbocycles. The second-order valence-corrected chi connectivity index (χ2v) is 9.91. The Kier molecular flexibility index (Phi) is 6.47. The molecule has 178 valence electrons. The third-order valence-electron chi connectivity index (χ3n) is 5.48. The van der Waals surface area contributed by atoms with Gasteiger partial charge >= 0.3 is 0 Å². The zero-order chi connectivity index (χ0) is 24.5. The van der Waals surface area contributed by atoms with Crippen molar-refractivity contribution >= 4 is 9.84 Å². The molecule has 0 aliphatic heterocycles. The van der Waals surface area contributed by atoms with Crippen LogP contribution in [-0.4, -0.2) is 32.3 Å². The summed E-state index contributed by atoms with van der Waals surface area (Å²) in [7, 11) is -2.04. The van der Waals surface area contributed by atoms with Crippen molar-refractivity contribution in [3.63, 3.8) is 0 Å². The smallest absolute Gasteiger partial charge is 0.293 e. The van der Waals surface area contributed by atoms with E-state index in [-0.39, 0.29) is 17.4 Å². The highest BCUT2D eigenvalue weighted by molar-refractivity contribution is 7.90. The lowest BCUT2D eigenvalue weighted by Crippen LogP contribution is -2.07. The van der Waals surface area contributed by atoms with Gasteiger partial charge in [-0.3, -0.25) is 0 Å². The molecule has 2 aromatic heterocycles. The lowest BCUT2D eigenvalue weighted by Gasteiger charge is -2.10. The first-order chi connectivity index (χ1) is 16.2. The fourth-order valence-electron chi connectivity index (χ4n) is 3.63. The molecule has 0 atom stereocenters. The zero-order valence-corrected chi connectivity index (χ0v) is 20.5. The van der Waals surface area contributed by atoms with Crippen molar-refractivity contribution in [2.45, 2.75) is 38.3 Å². The predicted molar refractivity (Wildman–Crippen MR) is 127 cm³/mol. The summed E-state index contributed by atoms with van der Waals surface area (Å²) in [5.41, 5.74) is 3.36. The minimum Gasteiger partial charge on any atom is -0.493 e. The third kappa shape index (κ3) is 4.70. The van der Waals surface area contributed by atoms with Gasteiger partial charge in [-0.05, 0) is 80.8 Å². The van der Waals surface area contributed by atoms with Crippen LogP contribution in [0.25, 0.3) is 23.0 Å². The minimum atomic E-state index is -3.59. The number of ether oxygens (including phenoxy) is 2. The fraction of sp³-hybridized carbons (Fsp3) is 0.280. The van der Waals surface area contributed by atoms with E-state index in [1.807, 2.05) is 26.8 Å². The van der Waals surface area contributed by atoms with Crippen molar-refractivity contribution in [2.75, 3.05) is 13.7 Å². The number of hydrogen-bond acceptors (Lipinski definition) is 8. The molecular weight excluding hydrogens is 456 g/mol. The Morgan fingerprint density at radius 1 is 0.941 bits per heavy atom. The number of aromatic nitrogens is 2. The SMILES string of the molecule is CCOc1ccc(-c2noc(-c3ccc(CS(=O)(=O)c4cc(C)c(C)cc4C)o3)n2)cc1OC. The van der Waals surface area contributed by atoms with E-state index in [2.05, 4.69) is 10.1 Å². The van der Waals surface area contributed by atoms with E-state index < -0.39 is 9.84 Å². The van der Waals surface area contributed by atoms with Crippen LogP contribution in [0.4, 0.5) is 0 Å². The lowest BCUT2D eigenvalue weighted by molar-refractivity contribution is 0.311. The van der Waals surface area contributed by atoms with E-state index in [0.717, 1.165) is 11.1 Å². The van der Waals surface area contributed by atoms with Gasteiger partial charge in [-0.15, -0.1) is 0 Å². The van der Waals surface area contributed by atoms with Gasteiger partial charge < -0.3 is 18.4 Å². The van der Waals surface area contributed by atoms with E-state index in [9.17, 15) is 8.42 Å². The van der Waals surface area contributed by atoms with Gasteiger partial charge in [-0.2, -0.15) is 4.98 Å². The van der Waals surface area contributed by atoms with Gasteiger partial charge in [-0.1, -0.05) is 11.2 Å². The van der Waals surface area contributed by atoms with E-state index in [0.29, 0.717) is 45.7 Å². The number of benzene rings is 2. The average Bonchev–Trinajstić information content (AvgIpc) is 3.46. The normalized spacial score (nSPS) is 11.6. The maximum atomic E-state index is 13.0. The molecule has 34 heavy (non-hydrogen) atoms. The fourth-order valence-corrected chi connectivity index (χ4v) is 5.22. The van der Waals surface area contributed by atoms with E-state index in [1.165, 1.54) is 0 Å². The summed E-state index contributed by atoms with van der Waals surface area (Å²) < 4.78 is 48.1. The second kappa shape index (κ2) is 9.34. The Labute approximate surface area is 198 Å². The van der Waals surface area contributed by atoms with Gasteiger partial charge in [0, 0.05) is 5.56 Å². The van der Waals surface area contributed by atoms with E-state index in [4.69, 9.17) is 18.4 Å². The van der Waals surface area contributed by atoms with Crippen molar-refractivity contribution in [3.8, 4) is 34.5 Å². The van der Waals surface area contributed by atoms with Crippen LogP contribution in [-0.2, 0) is 15.6 Å². The molecule has 0 saturated carbocycles. The molecule has 0 saturated heterocycles. The largest absolute Gasteiger partial charge is 0.493 e. The molecule has 0 amide bonds. The first-order valence-electron chi connectivity index (χ1n) is 10.8. The Hall–Kier alpha value is -3.59. The molecule has 4 rings (SSSR count). The van der Waals surface area contributed by atoms with Crippen LogP contribution in [0.5, 0.6) is 11.5 Å². The number of hydrogen-bond donors (Lipinski definition) is 0. The van der Waals surface area contributed by atoms with Crippen LogP contribution in [0.1, 0.15) is 29.4 Å². The highest BCUT2D eigenvalue weighted by Gasteiger charge is 2.22. The summed E-state index contributed by atoms with van der Waals surface area (Å²) in [6, 6.07) is 12.1. The molecule has 2 aromatic carbocycles. The number of furan rings is 1. The second-order valence-electron chi connectivity index (χ2n) is 7.95. The highest BCUT2D eigenvalue weighted by atomic mass is 32.2. The number of nitrogens with zero attached hydrogens (tertiary/aromatic N) is 2. The van der Waals surface area contributed by atoms with Crippen LogP contribution in [0.3, 0.4) is 0 Å². The van der Waals surface area contributed by atoms with Crippen LogP contribution in [0.2, 0.25) is 0 Å². The van der Waals surface area contributed by atoms with E-state index in [1.54, 1.807) is 50.4 Å². The Bertz CT molecular complexity index is 1440. The van der Waals surface area contributed by atoms with Crippen LogP contribution in [0, 0.1) is 20.8 Å². The van der Waals surface area contributed by atoms with Crippen molar-refractivity contribution < 1.29 is 26.8 Å². The van der Waals surface area contributed by atoms with Crippen molar-refractivity contribution in [2.24, 2.45) is 0 Å². The van der Waals surface area contributed by atoms with Crippen molar-refractivity contribution in [1.82, 2.24) is 10.1 Å². The van der Waals surface area contributed by atoms with Crippen LogP contribution >= 0.6 is 0 Å². The summed E-state index contributed by atoms with van der Waals surface area (Å²) in [4.78, 5) is 4.69. The van der Waals surface area contributed by atoms with Crippen molar-refractivity contribution in [1.29, 1.82) is 0 Å². The highest BCUT2D eigenvalue weighted by Crippen LogP contribution is 2.33. The molecule has 0 radical (unpaired) electrons. The zero-order valence-electron chi connectivity index (χ0n) is 19.7. The average molecular weight is 483 g/mol. The number of rotatable bonds is 8. The monoisotopic (exact) mass is 482 g/mol.